The van der Waals surface area contributed by atoms with E-state index in [0.29, 0.717) is 12.0 Å². The van der Waals surface area contributed by atoms with Crippen molar-refractivity contribution in [1.29, 1.82) is 0 Å². The third-order valence-electron chi connectivity index (χ3n) is 3.23. The largest absolute Gasteiger partial charge is 0.356 e. The van der Waals surface area contributed by atoms with E-state index in [9.17, 15) is 0 Å². The van der Waals surface area contributed by atoms with E-state index < -0.39 is 0 Å². The van der Waals surface area contributed by atoms with Crippen LogP contribution in [0.3, 0.4) is 0 Å². The number of guanidine groups is 1. The van der Waals surface area contributed by atoms with Crippen LogP contribution in [0.5, 0.6) is 0 Å². The first-order valence-electron chi connectivity index (χ1n) is 7.59. The van der Waals surface area contributed by atoms with Crippen molar-refractivity contribution in [3.63, 3.8) is 0 Å². The van der Waals surface area contributed by atoms with Crippen molar-refractivity contribution >= 4 is 29.9 Å². The third-order valence-corrected chi connectivity index (χ3v) is 3.23. The summed E-state index contributed by atoms with van der Waals surface area (Å²) in [6.45, 7) is 9.63. The van der Waals surface area contributed by atoms with Gasteiger partial charge in [0.05, 0.1) is 0 Å². The van der Waals surface area contributed by atoms with Gasteiger partial charge in [0.1, 0.15) is 0 Å². The first-order valence-corrected chi connectivity index (χ1v) is 7.59. The van der Waals surface area contributed by atoms with Gasteiger partial charge in [0.2, 0.25) is 0 Å². The predicted molar refractivity (Wildman–Crippen MR) is 104 cm³/mol. The van der Waals surface area contributed by atoms with E-state index in [1.807, 2.05) is 7.05 Å². The SMILES string of the molecule is CN=C(NCCCc1ccc(C(C)C)cc1)NC(C)C.I. The average molecular weight is 403 g/mol. The Balaban J connectivity index is 0.00000400. The number of rotatable bonds is 6. The lowest BCUT2D eigenvalue weighted by atomic mass is 10.0. The molecule has 0 aliphatic heterocycles. The summed E-state index contributed by atoms with van der Waals surface area (Å²) in [6, 6.07) is 9.39. The van der Waals surface area contributed by atoms with Crippen LogP contribution in [0.25, 0.3) is 0 Å². The van der Waals surface area contributed by atoms with Crippen LogP contribution in [-0.4, -0.2) is 25.6 Å². The number of hydrogen-bond donors (Lipinski definition) is 2. The topological polar surface area (TPSA) is 36.4 Å². The van der Waals surface area contributed by atoms with Crippen molar-refractivity contribution in [2.24, 2.45) is 4.99 Å². The summed E-state index contributed by atoms with van der Waals surface area (Å²) in [7, 11) is 1.81. The summed E-state index contributed by atoms with van der Waals surface area (Å²) >= 11 is 0. The summed E-state index contributed by atoms with van der Waals surface area (Å²) < 4.78 is 0. The quantitative estimate of drug-likeness (QED) is 0.327. The van der Waals surface area contributed by atoms with Gasteiger partial charge in [-0.1, -0.05) is 38.1 Å². The highest BCUT2D eigenvalue weighted by atomic mass is 127. The highest BCUT2D eigenvalue weighted by molar-refractivity contribution is 14.0. The van der Waals surface area contributed by atoms with Crippen molar-refractivity contribution in [2.45, 2.75) is 52.5 Å². The number of hydrogen-bond acceptors (Lipinski definition) is 1. The van der Waals surface area contributed by atoms with Crippen molar-refractivity contribution in [2.75, 3.05) is 13.6 Å². The van der Waals surface area contributed by atoms with Gasteiger partial charge < -0.3 is 10.6 Å². The van der Waals surface area contributed by atoms with Crippen molar-refractivity contribution in [3.05, 3.63) is 35.4 Å². The van der Waals surface area contributed by atoms with E-state index in [2.05, 4.69) is 67.6 Å². The Kier molecular flexibility index (Phi) is 10.5. The molecule has 0 amide bonds. The van der Waals surface area contributed by atoms with Crippen molar-refractivity contribution in [1.82, 2.24) is 10.6 Å². The summed E-state index contributed by atoms with van der Waals surface area (Å²) in [4.78, 5) is 4.20. The second kappa shape index (κ2) is 10.9. The Labute approximate surface area is 147 Å². The van der Waals surface area contributed by atoms with E-state index in [-0.39, 0.29) is 24.0 Å². The van der Waals surface area contributed by atoms with Gasteiger partial charge in [-0.15, -0.1) is 24.0 Å². The molecule has 1 aromatic rings. The lowest BCUT2D eigenvalue weighted by Gasteiger charge is -2.14. The molecular weight excluding hydrogens is 373 g/mol. The standard InChI is InChI=1S/C17H29N3.HI/c1-13(2)16-10-8-15(9-11-16)7-6-12-19-17(18-5)20-14(3)4;/h8-11,13-14H,6-7,12H2,1-5H3,(H2,18,19,20);1H. The number of aliphatic imine (C=N–C) groups is 1. The molecule has 0 aromatic heterocycles. The molecule has 2 N–H and O–H groups in total. The summed E-state index contributed by atoms with van der Waals surface area (Å²) in [5.74, 6) is 1.49. The highest BCUT2D eigenvalue weighted by Gasteiger charge is 2.01. The zero-order valence-corrected chi connectivity index (χ0v) is 16.3. The third kappa shape index (κ3) is 8.29. The monoisotopic (exact) mass is 403 g/mol. The number of halogens is 1. The molecule has 0 spiro atoms. The molecule has 0 fully saturated rings. The van der Waals surface area contributed by atoms with Crippen LogP contribution in [0.1, 0.15) is 51.2 Å². The molecule has 3 nitrogen and oxygen atoms in total. The molecule has 120 valence electrons. The molecule has 0 aliphatic rings. The Morgan fingerprint density at radius 2 is 1.71 bits per heavy atom. The van der Waals surface area contributed by atoms with Crippen LogP contribution in [-0.2, 0) is 6.42 Å². The van der Waals surface area contributed by atoms with E-state index >= 15 is 0 Å². The molecule has 0 atom stereocenters. The molecule has 1 rings (SSSR count). The second-order valence-corrected chi connectivity index (χ2v) is 5.80. The van der Waals surface area contributed by atoms with Gasteiger partial charge >= 0.3 is 0 Å². The van der Waals surface area contributed by atoms with Gasteiger partial charge in [-0.3, -0.25) is 4.99 Å². The maximum absolute atomic E-state index is 4.20. The molecule has 0 radical (unpaired) electrons. The summed E-state index contributed by atoms with van der Waals surface area (Å²) in [6.07, 6.45) is 2.21. The van der Waals surface area contributed by atoms with Crippen LogP contribution in [0, 0.1) is 0 Å². The zero-order chi connectivity index (χ0) is 15.0. The summed E-state index contributed by atoms with van der Waals surface area (Å²) in [5, 5.41) is 6.63. The van der Waals surface area contributed by atoms with Gasteiger partial charge in [-0.2, -0.15) is 0 Å². The van der Waals surface area contributed by atoms with Gasteiger partial charge in [0.15, 0.2) is 5.96 Å². The smallest absolute Gasteiger partial charge is 0.191 e. The molecule has 0 bridgehead atoms. The Morgan fingerprint density at radius 3 is 2.19 bits per heavy atom. The predicted octanol–water partition coefficient (Wildman–Crippen LogP) is 3.93. The molecule has 0 saturated carbocycles. The molecule has 0 aliphatic carbocycles. The van der Waals surface area contributed by atoms with Crippen LogP contribution in [0.4, 0.5) is 0 Å². The van der Waals surface area contributed by atoms with Gasteiger partial charge in [-0.25, -0.2) is 0 Å². The maximum Gasteiger partial charge on any atom is 0.191 e. The summed E-state index contributed by atoms with van der Waals surface area (Å²) in [5.41, 5.74) is 2.82. The van der Waals surface area contributed by atoms with Gasteiger partial charge in [0, 0.05) is 19.6 Å². The average Bonchev–Trinajstić information content (AvgIpc) is 2.42. The van der Waals surface area contributed by atoms with Crippen molar-refractivity contribution < 1.29 is 0 Å². The van der Waals surface area contributed by atoms with Gasteiger partial charge in [0.25, 0.3) is 0 Å². The lowest BCUT2D eigenvalue weighted by molar-refractivity contribution is 0.685. The van der Waals surface area contributed by atoms with E-state index in [1.165, 1.54) is 11.1 Å². The Bertz CT molecular complexity index is 411. The van der Waals surface area contributed by atoms with Crippen LogP contribution < -0.4 is 10.6 Å². The van der Waals surface area contributed by atoms with Crippen LogP contribution >= 0.6 is 24.0 Å². The molecule has 4 heteroatoms. The number of nitrogens with zero attached hydrogens (tertiary/aromatic N) is 1. The molecule has 0 saturated heterocycles. The van der Waals surface area contributed by atoms with Crippen molar-refractivity contribution in [3.8, 4) is 0 Å². The molecule has 1 aromatic carbocycles. The fourth-order valence-corrected chi connectivity index (χ4v) is 2.04. The van der Waals surface area contributed by atoms with Crippen LogP contribution in [0.2, 0.25) is 0 Å². The van der Waals surface area contributed by atoms with Gasteiger partial charge in [-0.05, 0) is 43.7 Å². The second-order valence-electron chi connectivity index (χ2n) is 5.80. The zero-order valence-electron chi connectivity index (χ0n) is 13.9. The molecule has 0 heterocycles. The molecular formula is C17H30IN3. The molecule has 21 heavy (non-hydrogen) atoms. The first-order chi connectivity index (χ1) is 9.52. The maximum atomic E-state index is 4.20. The Morgan fingerprint density at radius 1 is 1.10 bits per heavy atom. The number of benzene rings is 1. The minimum absolute atomic E-state index is 0. The minimum atomic E-state index is 0. The van der Waals surface area contributed by atoms with E-state index in [4.69, 9.17) is 0 Å². The fourth-order valence-electron chi connectivity index (χ4n) is 2.04. The molecule has 0 unspecified atom stereocenters. The highest BCUT2D eigenvalue weighted by Crippen LogP contribution is 2.15. The van der Waals surface area contributed by atoms with E-state index in [1.54, 1.807) is 0 Å². The normalized spacial score (nSPS) is 11.5. The minimum Gasteiger partial charge on any atom is -0.356 e. The first kappa shape index (κ1) is 20.2. The fraction of sp³-hybridized carbons (Fsp3) is 0.588. The number of aryl methyl sites for hydroxylation is 1. The van der Waals surface area contributed by atoms with E-state index in [0.717, 1.165) is 25.3 Å². The Hall–Kier alpha value is -0.780. The number of nitrogens with one attached hydrogen (secondary N) is 2. The lowest BCUT2D eigenvalue weighted by Crippen LogP contribution is -2.41. The van der Waals surface area contributed by atoms with Crippen LogP contribution in [0.15, 0.2) is 29.3 Å².